The van der Waals surface area contributed by atoms with Gasteiger partial charge in [0.2, 0.25) is 0 Å². The summed E-state index contributed by atoms with van der Waals surface area (Å²) in [5.74, 6) is -1.07. The minimum absolute atomic E-state index is 0. The van der Waals surface area contributed by atoms with Gasteiger partial charge in [0, 0.05) is 24.8 Å². The number of hydrogen-bond donors (Lipinski definition) is 1. The number of carboxylic acids is 1. The smallest absolute Gasteiger partial charge is 0.550 e. The van der Waals surface area contributed by atoms with E-state index in [-0.39, 0.29) is 36.0 Å². The van der Waals surface area contributed by atoms with Crippen molar-refractivity contribution in [1.82, 2.24) is 5.32 Å². The van der Waals surface area contributed by atoms with Crippen LogP contribution < -0.4 is 40.0 Å². The number of carbonyl (C=O) groups excluding carboxylic acids is 1. The van der Waals surface area contributed by atoms with E-state index in [1.54, 1.807) is 30.6 Å². The van der Waals surface area contributed by atoms with Crippen LogP contribution in [0.1, 0.15) is 6.42 Å². The van der Waals surface area contributed by atoms with Crippen LogP contribution in [0.15, 0.2) is 36.2 Å². The third-order valence-electron chi connectivity index (χ3n) is 1.23. The van der Waals surface area contributed by atoms with E-state index >= 15 is 0 Å². The summed E-state index contributed by atoms with van der Waals surface area (Å²) in [5, 5.41) is 13.0. The van der Waals surface area contributed by atoms with E-state index in [2.05, 4.69) is 5.32 Å². The molecule has 1 N–H and O–H groups in total. The molecule has 0 saturated heterocycles. The van der Waals surface area contributed by atoms with Gasteiger partial charge < -0.3 is 15.2 Å². The maximum absolute atomic E-state index is 10.1. The minimum Gasteiger partial charge on any atom is -0.550 e. The van der Waals surface area contributed by atoms with Gasteiger partial charge in [0.15, 0.2) is 0 Å². The zero-order valence-corrected chi connectivity index (χ0v) is 8.91. The molecule has 3 nitrogen and oxygen atoms in total. The van der Waals surface area contributed by atoms with Gasteiger partial charge in [-0.25, -0.2) is 0 Å². The molecule has 0 unspecified atom stereocenters. The Bertz CT molecular complexity index is 243. The number of aliphatic carboxylic acids is 1. The third-order valence-corrected chi connectivity index (χ3v) is 1.23. The molecular weight excluding hydrogens is 165 g/mol. The summed E-state index contributed by atoms with van der Waals surface area (Å²) < 4.78 is 0. The minimum atomic E-state index is -1.07. The summed E-state index contributed by atoms with van der Waals surface area (Å²) in [6.45, 7) is 0. The molecule has 0 saturated carbocycles. The van der Waals surface area contributed by atoms with Gasteiger partial charge in [0.05, 0.1) is 0 Å². The maximum atomic E-state index is 10.1. The number of carbonyl (C=O) groups is 1. The first-order valence-corrected chi connectivity index (χ1v) is 3.27. The molecule has 0 bridgehead atoms. The topological polar surface area (TPSA) is 52.2 Å². The van der Waals surface area contributed by atoms with Gasteiger partial charge in [-0.2, -0.15) is 0 Å². The fourth-order valence-electron chi connectivity index (χ4n) is 0.770. The van der Waals surface area contributed by atoms with Crippen molar-refractivity contribution in [3.63, 3.8) is 0 Å². The zero-order valence-electron chi connectivity index (χ0n) is 6.91. The van der Waals surface area contributed by atoms with Crippen molar-refractivity contribution in [2.75, 3.05) is 0 Å². The summed E-state index contributed by atoms with van der Waals surface area (Å²) in [7, 11) is 0. The summed E-state index contributed by atoms with van der Waals surface area (Å²) in [6.07, 6.45) is 8.60. The first kappa shape index (κ1) is 11.5. The van der Waals surface area contributed by atoms with Crippen LogP contribution in [0.25, 0.3) is 0 Å². The third kappa shape index (κ3) is 4.38. The second-order valence-electron chi connectivity index (χ2n) is 2.15. The molecule has 0 radical (unpaired) electrons. The summed E-state index contributed by atoms with van der Waals surface area (Å²) in [4.78, 5) is 10.1. The molecule has 0 atom stereocenters. The van der Waals surface area contributed by atoms with Crippen LogP contribution in [0.4, 0.5) is 0 Å². The second kappa shape index (κ2) is 6.06. The van der Waals surface area contributed by atoms with Gasteiger partial charge >= 0.3 is 29.6 Å². The van der Waals surface area contributed by atoms with Gasteiger partial charge in [-0.1, -0.05) is 12.2 Å². The first-order chi connectivity index (χ1) is 5.29. The van der Waals surface area contributed by atoms with E-state index in [1.165, 1.54) is 0 Å². The molecule has 0 aliphatic carbocycles. The van der Waals surface area contributed by atoms with Crippen molar-refractivity contribution in [3.8, 4) is 0 Å². The van der Waals surface area contributed by atoms with Crippen LogP contribution in [-0.2, 0) is 4.79 Å². The van der Waals surface area contributed by atoms with Gasteiger partial charge in [-0.15, -0.1) is 0 Å². The normalized spacial score (nSPS) is 13.8. The molecule has 0 spiro atoms. The van der Waals surface area contributed by atoms with Gasteiger partial charge in [-0.3, -0.25) is 0 Å². The van der Waals surface area contributed by atoms with Crippen molar-refractivity contribution in [2.24, 2.45) is 0 Å². The molecule has 1 aliphatic heterocycles. The van der Waals surface area contributed by atoms with Crippen LogP contribution in [0.5, 0.6) is 0 Å². The molecule has 0 amide bonds. The van der Waals surface area contributed by atoms with Crippen molar-refractivity contribution in [1.29, 1.82) is 0 Å². The fourth-order valence-corrected chi connectivity index (χ4v) is 0.770. The van der Waals surface area contributed by atoms with Crippen LogP contribution in [0.2, 0.25) is 0 Å². The average molecular weight is 173 g/mol. The Labute approximate surface area is 93.1 Å². The quantitative estimate of drug-likeness (QED) is 0.445. The number of carboxylic acid groups (broad SMARTS) is 1. The zero-order chi connectivity index (χ0) is 8.10. The molecule has 4 heteroatoms. The maximum Gasteiger partial charge on any atom is 1.00 e. The Morgan fingerprint density at radius 3 is 2.92 bits per heavy atom. The monoisotopic (exact) mass is 173 g/mol. The van der Waals surface area contributed by atoms with Gasteiger partial charge in [-0.05, 0) is 11.6 Å². The molecule has 12 heavy (non-hydrogen) atoms. The van der Waals surface area contributed by atoms with Crippen molar-refractivity contribution < 1.29 is 39.5 Å². The van der Waals surface area contributed by atoms with Crippen LogP contribution in [-0.4, -0.2) is 5.97 Å². The fraction of sp³-hybridized carbons (Fsp3) is 0.125. The summed E-state index contributed by atoms with van der Waals surface area (Å²) in [6, 6.07) is 0. The standard InChI is InChI=1S/C8H9NO2.Na/c10-8(11)5-7-3-1-2-4-9-6-7;/h1-4,6,9H,5H2,(H,10,11);/q;+1/p-1. The van der Waals surface area contributed by atoms with E-state index in [1.807, 2.05) is 0 Å². The molecule has 0 aromatic carbocycles. The predicted molar refractivity (Wildman–Crippen MR) is 39.1 cm³/mol. The molecule has 1 rings (SSSR count). The van der Waals surface area contributed by atoms with E-state index in [9.17, 15) is 9.90 Å². The Hall–Kier alpha value is -0.510. The molecule has 1 aliphatic rings. The first-order valence-electron chi connectivity index (χ1n) is 3.27. The summed E-state index contributed by atoms with van der Waals surface area (Å²) >= 11 is 0. The van der Waals surface area contributed by atoms with Crippen LogP contribution >= 0.6 is 0 Å². The van der Waals surface area contributed by atoms with E-state index in [0.717, 1.165) is 0 Å². The number of hydrogen-bond acceptors (Lipinski definition) is 3. The Kier molecular flexibility index (Phi) is 5.80. The molecule has 0 fully saturated rings. The predicted octanol–water partition coefficient (Wildman–Crippen LogP) is -3.31. The molecule has 58 valence electrons. The van der Waals surface area contributed by atoms with Crippen LogP contribution in [0, 0.1) is 0 Å². The summed E-state index contributed by atoms with van der Waals surface area (Å²) in [5.41, 5.74) is 0.704. The van der Waals surface area contributed by atoms with Crippen LogP contribution in [0.3, 0.4) is 0 Å². The average Bonchev–Trinajstić information content (AvgIpc) is 2.14. The Balaban J connectivity index is 0.00000121. The van der Waals surface area contributed by atoms with E-state index in [4.69, 9.17) is 0 Å². The Morgan fingerprint density at radius 1 is 1.50 bits per heavy atom. The Morgan fingerprint density at radius 2 is 2.25 bits per heavy atom. The number of rotatable bonds is 2. The number of allylic oxidation sites excluding steroid dienone is 3. The van der Waals surface area contributed by atoms with Crippen molar-refractivity contribution in [3.05, 3.63) is 36.2 Å². The molecule has 0 aromatic heterocycles. The van der Waals surface area contributed by atoms with E-state index < -0.39 is 5.97 Å². The molecule has 1 heterocycles. The van der Waals surface area contributed by atoms with Crippen molar-refractivity contribution in [2.45, 2.75) is 6.42 Å². The molecule has 0 aromatic rings. The molecular formula is C8H8NNaO2. The number of nitrogens with one attached hydrogen (secondary N) is 1. The van der Waals surface area contributed by atoms with Gasteiger partial charge in [0.25, 0.3) is 0 Å². The largest absolute Gasteiger partial charge is 1.00 e. The van der Waals surface area contributed by atoms with Gasteiger partial charge in [0.1, 0.15) is 0 Å². The van der Waals surface area contributed by atoms with E-state index in [0.29, 0.717) is 5.57 Å². The SMILES string of the molecule is O=C([O-])CC1=CNC=CC=C1.[Na+]. The second-order valence-corrected chi connectivity index (χ2v) is 2.15. The van der Waals surface area contributed by atoms with Crippen molar-refractivity contribution >= 4 is 5.97 Å².